The lowest BCUT2D eigenvalue weighted by atomic mass is 10.4. The molecule has 0 spiro atoms. The van der Waals surface area contributed by atoms with Gasteiger partial charge in [0.25, 0.3) is 5.91 Å². The molecule has 1 rings (SSSR count). The highest BCUT2D eigenvalue weighted by Gasteiger charge is 2.11. The molecule has 0 aliphatic rings. The van der Waals surface area contributed by atoms with Crippen molar-refractivity contribution in [3.05, 3.63) is 24.5 Å². The third kappa shape index (κ3) is 2.41. The first-order valence-electron chi connectivity index (χ1n) is 3.75. The minimum atomic E-state index is -0.923. The number of imide groups is 1. The Morgan fingerprint density at radius 3 is 3.00 bits per heavy atom. The van der Waals surface area contributed by atoms with Crippen LogP contribution in [-0.4, -0.2) is 26.9 Å². The van der Waals surface area contributed by atoms with Crippen LogP contribution in [-0.2, 0) is 6.54 Å². The summed E-state index contributed by atoms with van der Waals surface area (Å²) in [4.78, 5) is 21.5. The van der Waals surface area contributed by atoms with E-state index in [1.165, 1.54) is 10.9 Å². The number of carbonyl (C=O) groups is 2. The number of nitrogens with one attached hydrogen (secondary N) is 1. The van der Waals surface area contributed by atoms with Crippen LogP contribution in [0.15, 0.2) is 18.9 Å². The predicted molar refractivity (Wildman–Crippen MR) is 47.3 cm³/mol. The Morgan fingerprint density at radius 1 is 1.71 bits per heavy atom. The zero-order chi connectivity index (χ0) is 10.6. The fourth-order valence-corrected chi connectivity index (χ4v) is 0.800. The first-order valence-corrected chi connectivity index (χ1v) is 3.75. The van der Waals surface area contributed by atoms with Crippen molar-refractivity contribution >= 4 is 11.9 Å². The summed E-state index contributed by atoms with van der Waals surface area (Å²) in [5, 5.41) is 9.02. The maximum atomic E-state index is 11.1. The molecule has 1 heterocycles. The van der Waals surface area contributed by atoms with Crippen molar-refractivity contribution < 1.29 is 9.59 Å². The van der Waals surface area contributed by atoms with Crippen molar-refractivity contribution in [3.8, 4) is 0 Å². The predicted octanol–water partition coefficient (Wildman–Crippen LogP) is -0.727. The van der Waals surface area contributed by atoms with Crippen LogP contribution in [0.3, 0.4) is 0 Å². The maximum Gasteiger partial charge on any atom is 0.319 e. The second-order valence-corrected chi connectivity index (χ2v) is 2.43. The summed E-state index contributed by atoms with van der Waals surface area (Å²) in [7, 11) is 0. The maximum absolute atomic E-state index is 11.1. The van der Waals surface area contributed by atoms with Gasteiger partial charge in [-0.15, -0.1) is 11.7 Å². The Morgan fingerprint density at radius 2 is 2.43 bits per heavy atom. The van der Waals surface area contributed by atoms with Gasteiger partial charge in [-0.1, -0.05) is 11.3 Å². The van der Waals surface area contributed by atoms with Gasteiger partial charge < -0.3 is 5.73 Å². The largest absolute Gasteiger partial charge is 0.351 e. The number of primary amides is 1. The van der Waals surface area contributed by atoms with Gasteiger partial charge in [0.05, 0.1) is 12.7 Å². The molecule has 74 valence electrons. The normalized spacial score (nSPS) is 9.43. The minimum Gasteiger partial charge on any atom is -0.351 e. The number of rotatable bonds is 3. The van der Waals surface area contributed by atoms with Gasteiger partial charge >= 0.3 is 6.03 Å². The van der Waals surface area contributed by atoms with Gasteiger partial charge in [0.1, 0.15) is 0 Å². The topological polar surface area (TPSA) is 103 Å². The monoisotopic (exact) mass is 195 g/mol. The highest BCUT2D eigenvalue weighted by atomic mass is 16.2. The SMILES string of the molecule is C=CCn1cc(C(=O)NC(N)=O)nn1. The molecule has 1 aromatic heterocycles. The van der Waals surface area contributed by atoms with Crippen LogP contribution in [0.2, 0.25) is 0 Å². The molecule has 7 nitrogen and oxygen atoms in total. The summed E-state index contributed by atoms with van der Waals surface area (Å²) in [6.07, 6.45) is 2.99. The summed E-state index contributed by atoms with van der Waals surface area (Å²) in [5.74, 6) is -0.673. The molecule has 0 aromatic carbocycles. The van der Waals surface area contributed by atoms with E-state index in [0.717, 1.165) is 0 Å². The third-order valence-electron chi connectivity index (χ3n) is 1.32. The molecule has 3 N–H and O–H groups in total. The van der Waals surface area contributed by atoms with E-state index in [1.54, 1.807) is 6.08 Å². The summed E-state index contributed by atoms with van der Waals surface area (Å²) in [6, 6.07) is -0.923. The van der Waals surface area contributed by atoms with Gasteiger partial charge in [-0.3, -0.25) is 10.1 Å². The minimum absolute atomic E-state index is 0.0330. The molecule has 0 bridgehead atoms. The summed E-state index contributed by atoms with van der Waals surface area (Å²) >= 11 is 0. The average Bonchev–Trinajstić information content (AvgIpc) is 2.52. The fraction of sp³-hybridized carbons (Fsp3) is 0.143. The lowest BCUT2D eigenvalue weighted by Crippen LogP contribution is -2.35. The third-order valence-corrected chi connectivity index (χ3v) is 1.32. The molecular formula is C7H9N5O2. The number of nitrogens with two attached hydrogens (primary N) is 1. The summed E-state index contributed by atoms with van der Waals surface area (Å²) in [6.45, 7) is 3.94. The van der Waals surface area contributed by atoms with Gasteiger partial charge in [-0.05, 0) is 0 Å². The Labute approximate surface area is 79.6 Å². The Kier molecular flexibility index (Phi) is 2.95. The molecule has 14 heavy (non-hydrogen) atoms. The van der Waals surface area contributed by atoms with Crippen LogP contribution in [0.4, 0.5) is 4.79 Å². The lowest BCUT2D eigenvalue weighted by Gasteiger charge is -1.94. The number of urea groups is 1. The first-order chi connectivity index (χ1) is 6.63. The summed E-state index contributed by atoms with van der Waals surface area (Å²) < 4.78 is 1.41. The quantitative estimate of drug-likeness (QED) is 0.620. The molecule has 7 heteroatoms. The van der Waals surface area contributed by atoms with Crippen LogP contribution in [0.5, 0.6) is 0 Å². The molecule has 0 saturated carbocycles. The fourth-order valence-electron chi connectivity index (χ4n) is 0.800. The first kappa shape index (κ1) is 9.90. The van der Waals surface area contributed by atoms with Crippen LogP contribution in [0.1, 0.15) is 10.5 Å². The number of nitrogens with zero attached hydrogens (tertiary/aromatic N) is 3. The Hall–Kier alpha value is -2.18. The Bertz CT molecular complexity index is 370. The molecule has 0 aliphatic carbocycles. The number of hydrogen-bond acceptors (Lipinski definition) is 4. The number of hydrogen-bond donors (Lipinski definition) is 2. The number of carbonyl (C=O) groups excluding carboxylic acids is 2. The van der Waals surface area contributed by atoms with Gasteiger partial charge in [0.2, 0.25) is 0 Å². The van der Waals surface area contributed by atoms with E-state index in [9.17, 15) is 9.59 Å². The highest BCUT2D eigenvalue weighted by molar-refractivity contribution is 6.02. The van der Waals surface area contributed by atoms with Crippen molar-refractivity contribution in [3.63, 3.8) is 0 Å². The van der Waals surface area contributed by atoms with Gasteiger partial charge in [-0.25, -0.2) is 9.48 Å². The van der Waals surface area contributed by atoms with Crippen molar-refractivity contribution in [2.24, 2.45) is 5.73 Å². The van der Waals surface area contributed by atoms with Gasteiger partial charge in [-0.2, -0.15) is 0 Å². The molecule has 0 saturated heterocycles. The molecule has 0 aliphatic heterocycles. The van der Waals surface area contributed by atoms with E-state index in [0.29, 0.717) is 6.54 Å². The van der Waals surface area contributed by atoms with E-state index < -0.39 is 11.9 Å². The van der Waals surface area contributed by atoms with Crippen LogP contribution < -0.4 is 11.1 Å². The van der Waals surface area contributed by atoms with Gasteiger partial charge in [0, 0.05) is 0 Å². The smallest absolute Gasteiger partial charge is 0.319 e. The zero-order valence-electron chi connectivity index (χ0n) is 7.30. The number of aromatic nitrogens is 3. The van der Waals surface area contributed by atoms with E-state index in [-0.39, 0.29) is 5.69 Å². The molecule has 0 fully saturated rings. The standard InChI is InChI=1S/C7H9N5O2/c1-2-3-12-4-5(10-11-12)6(13)9-7(8)14/h2,4H,1,3H2,(H3,8,9,13,14). The van der Waals surface area contributed by atoms with Crippen LogP contribution >= 0.6 is 0 Å². The van der Waals surface area contributed by atoms with Crippen molar-refractivity contribution in [1.82, 2.24) is 20.3 Å². The van der Waals surface area contributed by atoms with E-state index >= 15 is 0 Å². The molecule has 0 radical (unpaired) electrons. The van der Waals surface area contributed by atoms with E-state index in [4.69, 9.17) is 5.73 Å². The van der Waals surface area contributed by atoms with Crippen molar-refractivity contribution in [2.75, 3.05) is 0 Å². The van der Waals surface area contributed by atoms with E-state index in [2.05, 4.69) is 16.9 Å². The molecular weight excluding hydrogens is 186 g/mol. The summed E-state index contributed by atoms with van der Waals surface area (Å²) in [5.41, 5.74) is 4.79. The number of allylic oxidation sites excluding steroid dienone is 1. The second-order valence-electron chi connectivity index (χ2n) is 2.43. The number of amides is 3. The van der Waals surface area contributed by atoms with Crippen LogP contribution in [0, 0.1) is 0 Å². The lowest BCUT2D eigenvalue weighted by molar-refractivity contribution is 0.0961. The highest BCUT2D eigenvalue weighted by Crippen LogP contribution is 1.92. The average molecular weight is 195 g/mol. The zero-order valence-corrected chi connectivity index (χ0v) is 7.30. The van der Waals surface area contributed by atoms with Gasteiger partial charge in [0.15, 0.2) is 5.69 Å². The van der Waals surface area contributed by atoms with Crippen LogP contribution in [0.25, 0.3) is 0 Å². The molecule has 0 unspecified atom stereocenters. The van der Waals surface area contributed by atoms with Crippen molar-refractivity contribution in [1.29, 1.82) is 0 Å². The van der Waals surface area contributed by atoms with E-state index in [1.807, 2.05) is 5.32 Å². The molecule has 3 amide bonds. The van der Waals surface area contributed by atoms with Crippen molar-refractivity contribution in [2.45, 2.75) is 6.54 Å². The Balaban J connectivity index is 2.70. The molecule has 0 atom stereocenters. The molecule has 1 aromatic rings. The second kappa shape index (κ2) is 4.17.